The SMILES string of the molecule is C=C(C)C(=O)O.CC(C)[SiH](C(C)C)C(C)C. The van der Waals surface area contributed by atoms with Crippen LogP contribution in [0.15, 0.2) is 12.2 Å². The summed E-state index contributed by atoms with van der Waals surface area (Å²) in [5, 5.41) is 7.89. The van der Waals surface area contributed by atoms with Crippen molar-refractivity contribution in [3.05, 3.63) is 12.2 Å². The van der Waals surface area contributed by atoms with E-state index in [2.05, 4.69) is 48.1 Å². The van der Waals surface area contributed by atoms with Gasteiger partial charge < -0.3 is 5.11 Å². The molecule has 2 nitrogen and oxygen atoms in total. The highest BCUT2D eigenvalue weighted by molar-refractivity contribution is 6.63. The van der Waals surface area contributed by atoms with Crippen LogP contribution < -0.4 is 0 Å². The Bertz CT molecular complexity index is 189. The molecule has 0 rings (SSSR count). The Balaban J connectivity index is 0. The van der Waals surface area contributed by atoms with Crippen molar-refractivity contribution >= 4 is 14.8 Å². The first kappa shape index (κ1) is 17.8. The quantitative estimate of drug-likeness (QED) is 0.597. The minimum Gasteiger partial charge on any atom is -0.478 e. The average molecular weight is 244 g/mol. The summed E-state index contributed by atoms with van der Waals surface area (Å²) < 4.78 is 0. The van der Waals surface area contributed by atoms with Gasteiger partial charge in [-0.1, -0.05) is 64.7 Å². The zero-order valence-electron chi connectivity index (χ0n) is 11.9. The highest BCUT2D eigenvalue weighted by Crippen LogP contribution is 2.28. The van der Waals surface area contributed by atoms with Crippen molar-refractivity contribution < 1.29 is 9.90 Å². The zero-order chi connectivity index (χ0) is 13.5. The molecule has 0 saturated carbocycles. The Hall–Kier alpha value is -0.573. The van der Waals surface area contributed by atoms with Gasteiger partial charge in [0.2, 0.25) is 0 Å². The molecule has 0 heterocycles. The maximum atomic E-state index is 9.60. The summed E-state index contributed by atoms with van der Waals surface area (Å²) in [6.07, 6.45) is 0. The van der Waals surface area contributed by atoms with E-state index in [1.54, 1.807) is 0 Å². The van der Waals surface area contributed by atoms with Gasteiger partial charge in [-0.2, -0.15) is 0 Å². The van der Waals surface area contributed by atoms with E-state index in [0.717, 1.165) is 16.6 Å². The molecule has 3 heteroatoms. The molecule has 0 bridgehead atoms. The number of rotatable bonds is 4. The summed E-state index contributed by atoms with van der Waals surface area (Å²) in [4.78, 5) is 9.60. The highest BCUT2D eigenvalue weighted by atomic mass is 28.3. The maximum Gasteiger partial charge on any atom is 0.330 e. The first-order valence-corrected chi connectivity index (χ1v) is 8.00. The van der Waals surface area contributed by atoms with Crippen molar-refractivity contribution in [1.82, 2.24) is 0 Å². The van der Waals surface area contributed by atoms with E-state index in [4.69, 9.17) is 5.11 Å². The third-order valence-corrected chi connectivity index (χ3v) is 7.29. The van der Waals surface area contributed by atoms with Crippen molar-refractivity contribution in [1.29, 1.82) is 0 Å². The molecular formula is C13H28O2Si. The molecule has 96 valence electrons. The van der Waals surface area contributed by atoms with Crippen LogP contribution in [0.25, 0.3) is 0 Å². The van der Waals surface area contributed by atoms with Gasteiger partial charge in [0, 0.05) is 14.4 Å². The molecule has 0 atom stereocenters. The fourth-order valence-electron chi connectivity index (χ4n) is 2.31. The molecular weight excluding hydrogens is 216 g/mol. The molecule has 0 amide bonds. The summed E-state index contributed by atoms with van der Waals surface area (Å²) in [6.45, 7) is 18.9. The number of hydrogen-bond donors (Lipinski definition) is 1. The van der Waals surface area contributed by atoms with E-state index in [9.17, 15) is 4.79 Å². The predicted molar refractivity (Wildman–Crippen MR) is 74.9 cm³/mol. The minimum atomic E-state index is -0.935. The van der Waals surface area contributed by atoms with Crippen LogP contribution in [0, 0.1) is 0 Å². The molecule has 0 spiro atoms. The van der Waals surface area contributed by atoms with Crippen molar-refractivity contribution in [2.45, 2.75) is 65.1 Å². The predicted octanol–water partition coefficient (Wildman–Crippen LogP) is 4.09. The molecule has 0 aromatic heterocycles. The molecule has 0 saturated heterocycles. The van der Waals surface area contributed by atoms with Crippen LogP contribution in [0.5, 0.6) is 0 Å². The van der Waals surface area contributed by atoms with Gasteiger partial charge in [0.1, 0.15) is 0 Å². The number of carboxylic acids is 1. The summed E-state index contributed by atoms with van der Waals surface area (Å²) >= 11 is 0. The van der Waals surface area contributed by atoms with Gasteiger partial charge in [-0.25, -0.2) is 4.79 Å². The Labute approximate surface area is 102 Å². The normalized spacial score (nSPS) is 10.7. The molecule has 0 aliphatic rings. The van der Waals surface area contributed by atoms with Crippen LogP contribution in [-0.4, -0.2) is 19.9 Å². The van der Waals surface area contributed by atoms with Gasteiger partial charge in [-0.3, -0.25) is 0 Å². The van der Waals surface area contributed by atoms with Crippen LogP contribution in [0.2, 0.25) is 16.6 Å². The minimum absolute atomic E-state index is 0.176. The lowest BCUT2D eigenvalue weighted by Crippen LogP contribution is -2.24. The molecule has 0 aliphatic heterocycles. The number of hydrogen-bond acceptors (Lipinski definition) is 1. The van der Waals surface area contributed by atoms with Crippen LogP contribution in [0.3, 0.4) is 0 Å². The third-order valence-electron chi connectivity index (χ3n) is 2.67. The molecule has 0 radical (unpaired) electrons. The topological polar surface area (TPSA) is 37.3 Å². The summed E-state index contributed by atoms with van der Waals surface area (Å²) in [7, 11) is -0.454. The molecule has 0 aromatic carbocycles. The van der Waals surface area contributed by atoms with Gasteiger partial charge in [0.15, 0.2) is 0 Å². The maximum absolute atomic E-state index is 9.60. The van der Waals surface area contributed by atoms with Crippen LogP contribution >= 0.6 is 0 Å². The molecule has 0 aromatic rings. The second kappa shape index (κ2) is 8.56. The molecule has 0 aliphatic carbocycles. The van der Waals surface area contributed by atoms with E-state index in [1.165, 1.54) is 6.92 Å². The van der Waals surface area contributed by atoms with Crippen molar-refractivity contribution in [3.8, 4) is 0 Å². The van der Waals surface area contributed by atoms with E-state index in [1.807, 2.05) is 0 Å². The monoisotopic (exact) mass is 244 g/mol. The number of aliphatic carboxylic acids is 1. The summed E-state index contributed by atoms with van der Waals surface area (Å²) in [5.41, 5.74) is 3.09. The fraction of sp³-hybridized carbons (Fsp3) is 0.769. The summed E-state index contributed by atoms with van der Waals surface area (Å²) in [5.74, 6) is -0.935. The number of carbonyl (C=O) groups is 1. The van der Waals surface area contributed by atoms with Crippen LogP contribution in [0.4, 0.5) is 0 Å². The second-order valence-corrected chi connectivity index (χ2v) is 10.5. The summed E-state index contributed by atoms with van der Waals surface area (Å²) in [6, 6.07) is 0. The molecule has 1 N–H and O–H groups in total. The van der Waals surface area contributed by atoms with Gasteiger partial charge in [-0.15, -0.1) is 0 Å². The van der Waals surface area contributed by atoms with Crippen LogP contribution in [0.1, 0.15) is 48.5 Å². The molecule has 0 unspecified atom stereocenters. The average Bonchev–Trinajstić information content (AvgIpc) is 2.01. The van der Waals surface area contributed by atoms with Crippen LogP contribution in [-0.2, 0) is 4.79 Å². The van der Waals surface area contributed by atoms with Crippen molar-refractivity contribution in [2.24, 2.45) is 0 Å². The van der Waals surface area contributed by atoms with E-state index in [0.29, 0.717) is 0 Å². The van der Waals surface area contributed by atoms with Gasteiger partial charge in [-0.05, 0) is 6.92 Å². The molecule has 16 heavy (non-hydrogen) atoms. The largest absolute Gasteiger partial charge is 0.478 e. The van der Waals surface area contributed by atoms with Gasteiger partial charge >= 0.3 is 5.97 Å². The first-order valence-electron chi connectivity index (χ1n) is 6.00. The van der Waals surface area contributed by atoms with Crippen molar-refractivity contribution in [2.75, 3.05) is 0 Å². The third kappa shape index (κ3) is 8.71. The Morgan fingerprint density at radius 1 is 1.00 bits per heavy atom. The fourth-order valence-corrected chi connectivity index (χ4v) is 6.93. The number of carboxylic acid groups (broad SMARTS) is 1. The Kier molecular flexibility index (Phi) is 9.53. The zero-order valence-corrected chi connectivity index (χ0v) is 13.0. The van der Waals surface area contributed by atoms with Crippen molar-refractivity contribution in [3.63, 3.8) is 0 Å². The van der Waals surface area contributed by atoms with Gasteiger partial charge in [0.05, 0.1) is 0 Å². The smallest absolute Gasteiger partial charge is 0.330 e. The molecule has 0 fully saturated rings. The van der Waals surface area contributed by atoms with E-state index in [-0.39, 0.29) is 5.57 Å². The van der Waals surface area contributed by atoms with Gasteiger partial charge in [0.25, 0.3) is 0 Å². The lowest BCUT2D eigenvalue weighted by molar-refractivity contribution is -0.132. The first-order chi connectivity index (χ1) is 7.11. The van der Waals surface area contributed by atoms with E-state index >= 15 is 0 Å². The Morgan fingerprint density at radius 3 is 1.19 bits per heavy atom. The van der Waals surface area contributed by atoms with E-state index < -0.39 is 14.8 Å². The highest BCUT2D eigenvalue weighted by Gasteiger charge is 2.22. The lowest BCUT2D eigenvalue weighted by Gasteiger charge is -2.26. The Morgan fingerprint density at radius 2 is 1.19 bits per heavy atom. The lowest BCUT2D eigenvalue weighted by atomic mass is 10.4. The second-order valence-electron chi connectivity index (χ2n) is 5.39. The standard InChI is InChI=1S/C9H22Si.C4H6O2/c1-7(2)10(8(3)4)9(5)6;1-3(2)4(5)6/h7-10H,1-6H3;1H2,2H3,(H,5,6).